The van der Waals surface area contributed by atoms with Gasteiger partial charge in [-0.3, -0.25) is 9.59 Å². The second-order valence-corrected chi connectivity index (χ2v) is 4.45. The van der Waals surface area contributed by atoms with E-state index >= 15 is 0 Å². The maximum atomic E-state index is 12.2. The van der Waals surface area contributed by atoms with Crippen LogP contribution in [0.1, 0.15) is 35.7 Å². The summed E-state index contributed by atoms with van der Waals surface area (Å²) in [7, 11) is 1.33. The van der Waals surface area contributed by atoms with Crippen LogP contribution in [0.4, 0.5) is 0 Å². The molecular formula is C14H16O3. The second kappa shape index (κ2) is 4.32. The Kier molecular flexibility index (Phi) is 3.01. The summed E-state index contributed by atoms with van der Waals surface area (Å²) in [5, 5.41) is 0. The third-order valence-electron chi connectivity index (χ3n) is 3.39. The molecule has 0 saturated heterocycles. The number of esters is 1. The lowest BCUT2D eigenvalue weighted by atomic mass is 9.94. The van der Waals surface area contributed by atoms with Gasteiger partial charge in [0.2, 0.25) is 0 Å². The van der Waals surface area contributed by atoms with Gasteiger partial charge >= 0.3 is 5.97 Å². The third kappa shape index (κ3) is 1.97. The summed E-state index contributed by atoms with van der Waals surface area (Å²) in [6.45, 7) is 2.06. The van der Waals surface area contributed by atoms with Crippen molar-refractivity contribution in [3.8, 4) is 0 Å². The summed E-state index contributed by atoms with van der Waals surface area (Å²) in [4.78, 5) is 23.8. The molecular weight excluding hydrogens is 216 g/mol. The average Bonchev–Trinajstić information content (AvgIpc) is 3.18. The van der Waals surface area contributed by atoms with E-state index in [4.69, 9.17) is 4.74 Å². The van der Waals surface area contributed by atoms with Crippen LogP contribution in [0.5, 0.6) is 0 Å². The van der Waals surface area contributed by atoms with Crippen LogP contribution in [0.25, 0.3) is 0 Å². The van der Waals surface area contributed by atoms with E-state index in [9.17, 15) is 9.59 Å². The number of hydrogen-bond acceptors (Lipinski definition) is 3. The van der Waals surface area contributed by atoms with E-state index in [1.807, 2.05) is 12.1 Å². The quantitative estimate of drug-likeness (QED) is 0.455. The molecule has 2 rings (SSSR count). The number of ether oxygens (including phenoxy) is 1. The van der Waals surface area contributed by atoms with Gasteiger partial charge in [-0.15, -0.1) is 0 Å². The number of carbonyl (C=O) groups excluding carboxylic acids is 2. The molecule has 0 unspecified atom stereocenters. The molecule has 1 saturated carbocycles. The zero-order valence-corrected chi connectivity index (χ0v) is 10.2. The van der Waals surface area contributed by atoms with Crippen molar-refractivity contribution in [2.45, 2.75) is 26.2 Å². The van der Waals surface area contributed by atoms with Gasteiger partial charge in [0.15, 0.2) is 5.78 Å². The highest BCUT2D eigenvalue weighted by Crippen LogP contribution is 2.49. The highest BCUT2D eigenvalue weighted by molar-refractivity contribution is 6.14. The fourth-order valence-corrected chi connectivity index (χ4v) is 2.01. The fraction of sp³-hybridized carbons (Fsp3) is 0.429. The van der Waals surface area contributed by atoms with Crippen LogP contribution in [-0.4, -0.2) is 18.9 Å². The molecule has 0 radical (unpaired) electrons. The summed E-state index contributed by atoms with van der Waals surface area (Å²) in [5.41, 5.74) is 0.900. The van der Waals surface area contributed by atoms with Crippen molar-refractivity contribution in [3.63, 3.8) is 0 Å². The van der Waals surface area contributed by atoms with Crippen LogP contribution in [0.2, 0.25) is 0 Å². The molecule has 0 aromatic heterocycles. The van der Waals surface area contributed by atoms with E-state index in [1.54, 1.807) is 12.1 Å². The van der Waals surface area contributed by atoms with E-state index < -0.39 is 11.4 Å². The Hall–Kier alpha value is -1.64. The van der Waals surface area contributed by atoms with Crippen molar-refractivity contribution < 1.29 is 14.3 Å². The Labute approximate surface area is 101 Å². The Bertz CT molecular complexity index is 441. The van der Waals surface area contributed by atoms with Crippen LogP contribution in [0.15, 0.2) is 24.3 Å². The highest BCUT2D eigenvalue weighted by Gasteiger charge is 2.57. The van der Waals surface area contributed by atoms with Crippen molar-refractivity contribution >= 4 is 11.8 Å². The van der Waals surface area contributed by atoms with Gasteiger partial charge in [0.05, 0.1) is 7.11 Å². The zero-order chi connectivity index (χ0) is 12.5. The lowest BCUT2D eigenvalue weighted by Crippen LogP contribution is -2.27. The van der Waals surface area contributed by atoms with Crippen LogP contribution >= 0.6 is 0 Å². The standard InChI is InChI=1S/C14H16O3/c1-3-10-4-6-11(7-5-10)12(15)14(8-9-14)13(16)17-2/h4-7H,3,8-9H2,1-2H3. The molecule has 0 aliphatic heterocycles. The minimum atomic E-state index is -0.886. The lowest BCUT2D eigenvalue weighted by Gasteiger charge is -2.11. The average molecular weight is 232 g/mol. The molecule has 0 amide bonds. The maximum absolute atomic E-state index is 12.2. The number of rotatable bonds is 4. The number of ketones is 1. The summed E-state index contributed by atoms with van der Waals surface area (Å²) >= 11 is 0. The summed E-state index contributed by atoms with van der Waals surface area (Å²) in [5.74, 6) is -0.505. The van der Waals surface area contributed by atoms with Crippen LogP contribution in [-0.2, 0) is 16.0 Å². The molecule has 1 aromatic carbocycles. The Morgan fingerprint density at radius 3 is 2.24 bits per heavy atom. The first-order chi connectivity index (χ1) is 8.14. The Balaban J connectivity index is 2.22. The minimum absolute atomic E-state index is 0.105. The number of aryl methyl sites for hydroxylation is 1. The predicted octanol–water partition coefficient (Wildman–Crippen LogP) is 2.38. The lowest BCUT2D eigenvalue weighted by molar-refractivity contribution is -0.145. The first kappa shape index (κ1) is 11.8. The smallest absolute Gasteiger partial charge is 0.319 e. The van der Waals surface area contributed by atoms with E-state index in [-0.39, 0.29) is 5.78 Å². The van der Waals surface area contributed by atoms with Crippen molar-refractivity contribution in [1.29, 1.82) is 0 Å². The fourth-order valence-electron chi connectivity index (χ4n) is 2.01. The largest absolute Gasteiger partial charge is 0.468 e. The van der Waals surface area contributed by atoms with Gasteiger partial charge in [-0.25, -0.2) is 0 Å². The molecule has 1 aromatic rings. The SMILES string of the molecule is CCc1ccc(C(=O)C2(C(=O)OC)CC2)cc1. The Morgan fingerprint density at radius 1 is 1.24 bits per heavy atom. The molecule has 0 N–H and O–H groups in total. The summed E-state index contributed by atoms with van der Waals surface area (Å²) in [6, 6.07) is 7.45. The van der Waals surface area contributed by atoms with Crippen LogP contribution in [0, 0.1) is 5.41 Å². The number of carbonyl (C=O) groups is 2. The van der Waals surface area contributed by atoms with Crippen LogP contribution < -0.4 is 0 Å². The Morgan fingerprint density at radius 2 is 1.82 bits per heavy atom. The molecule has 1 aliphatic carbocycles. The normalized spacial score (nSPS) is 16.4. The zero-order valence-electron chi connectivity index (χ0n) is 10.2. The predicted molar refractivity (Wildman–Crippen MR) is 63.8 cm³/mol. The number of hydrogen-bond donors (Lipinski definition) is 0. The molecule has 17 heavy (non-hydrogen) atoms. The second-order valence-electron chi connectivity index (χ2n) is 4.45. The van der Waals surface area contributed by atoms with Gasteiger partial charge in [-0.1, -0.05) is 31.2 Å². The number of Topliss-reactive ketones (excluding diaryl/α,β-unsaturated/α-hetero) is 1. The van der Waals surface area contributed by atoms with Gasteiger partial charge in [0.25, 0.3) is 0 Å². The van der Waals surface area contributed by atoms with Crippen LogP contribution in [0.3, 0.4) is 0 Å². The van der Waals surface area contributed by atoms with Gasteiger partial charge in [-0.2, -0.15) is 0 Å². The first-order valence-corrected chi connectivity index (χ1v) is 5.86. The molecule has 3 heteroatoms. The highest BCUT2D eigenvalue weighted by atomic mass is 16.5. The molecule has 0 atom stereocenters. The first-order valence-electron chi connectivity index (χ1n) is 5.86. The van der Waals surface area contributed by atoms with Crippen molar-refractivity contribution in [2.24, 2.45) is 5.41 Å². The number of benzene rings is 1. The summed E-state index contributed by atoms with van der Waals surface area (Å²) in [6.07, 6.45) is 2.15. The molecule has 90 valence electrons. The minimum Gasteiger partial charge on any atom is -0.468 e. The maximum Gasteiger partial charge on any atom is 0.319 e. The third-order valence-corrected chi connectivity index (χ3v) is 3.39. The van der Waals surface area contributed by atoms with Crippen molar-refractivity contribution in [2.75, 3.05) is 7.11 Å². The molecule has 0 bridgehead atoms. The monoisotopic (exact) mass is 232 g/mol. The molecule has 0 heterocycles. The van der Waals surface area contributed by atoms with Gasteiger partial charge in [0.1, 0.15) is 5.41 Å². The number of methoxy groups -OCH3 is 1. The van der Waals surface area contributed by atoms with E-state index in [0.29, 0.717) is 18.4 Å². The molecule has 3 nitrogen and oxygen atoms in total. The van der Waals surface area contributed by atoms with Crippen molar-refractivity contribution in [1.82, 2.24) is 0 Å². The summed E-state index contributed by atoms with van der Waals surface area (Å²) < 4.78 is 4.71. The van der Waals surface area contributed by atoms with Gasteiger partial charge in [0, 0.05) is 5.56 Å². The van der Waals surface area contributed by atoms with E-state index in [0.717, 1.165) is 6.42 Å². The molecule has 1 aliphatic rings. The van der Waals surface area contributed by atoms with E-state index in [1.165, 1.54) is 12.7 Å². The molecule has 0 spiro atoms. The van der Waals surface area contributed by atoms with Gasteiger partial charge < -0.3 is 4.74 Å². The topological polar surface area (TPSA) is 43.4 Å². The van der Waals surface area contributed by atoms with Crippen molar-refractivity contribution in [3.05, 3.63) is 35.4 Å². The van der Waals surface area contributed by atoms with E-state index in [2.05, 4.69) is 6.92 Å². The molecule has 1 fully saturated rings. The van der Waals surface area contributed by atoms with Gasteiger partial charge in [-0.05, 0) is 24.8 Å².